The van der Waals surface area contributed by atoms with Crippen molar-refractivity contribution in [2.24, 2.45) is 0 Å². The monoisotopic (exact) mass is 494 g/mol. The molecule has 1 N–H and O–H groups in total. The van der Waals surface area contributed by atoms with Gasteiger partial charge in [0.25, 0.3) is 5.95 Å². The molecule has 36 heavy (non-hydrogen) atoms. The second kappa shape index (κ2) is 9.14. The highest BCUT2D eigenvalue weighted by Crippen LogP contribution is 2.34. The minimum atomic E-state index is -1.37. The van der Waals surface area contributed by atoms with E-state index in [0.717, 1.165) is 12.1 Å². The van der Waals surface area contributed by atoms with Crippen molar-refractivity contribution in [1.82, 2.24) is 20.1 Å². The Labute approximate surface area is 205 Å². The largest absolute Gasteiger partial charge is 0.478 e. The summed E-state index contributed by atoms with van der Waals surface area (Å²) in [6, 6.07) is 6.30. The summed E-state index contributed by atoms with van der Waals surface area (Å²) < 4.78 is 34.5. The lowest BCUT2D eigenvalue weighted by Crippen LogP contribution is -2.52. The van der Waals surface area contributed by atoms with Crippen LogP contribution in [0.2, 0.25) is 0 Å². The molecule has 3 heterocycles. The van der Waals surface area contributed by atoms with Crippen molar-refractivity contribution in [3.05, 3.63) is 59.7 Å². The molecule has 2 aromatic carbocycles. The first-order chi connectivity index (χ1) is 17.2. The summed E-state index contributed by atoms with van der Waals surface area (Å²) in [6.45, 7) is 7.79. The van der Waals surface area contributed by atoms with Crippen LogP contribution in [0, 0.1) is 11.6 Å². The van der Waals surface area contributed by atoms with E-state index in [1.807, 2.05) is 25.7 Å². The van der Waals surface area contributed by atoms with Crippen LogP contribution in [0.15, 0.2) is 41.2 Å². The Balaban J connectivity index is 1.49. The van der Waals surface area contributed by atoms with Gasteiger partial charge in [-0.05, 0) is 41.9 Å². The smallest absolute Gasteiger partial charge is 0.338 e. The predicted molar refractivity (Wildman–Crippen MR) is 129 cm³/mol. The molecule has 0 amide bonds. The summed E-state index contributed by atoms with van der Waals surface area (Å²) in [4.78, 5) is 28.6. The fourth-order valence-corrected chi connectivity index (χ4v) is 4.47. The molecular formula is C25H24F2N6O3. The second-order valence-corrected chi connectivity index (χ2v) is 9.12. The number of hydrogen-bond acceptors (Lipinski definition) is 8. The zero-order valence-electron chi connectivity index (χ0n) is 19.9. The molecule has 0 unspecified atom stereocenters. The van der Waals surface area contributed by atoms with Gasteiger partial charge >= 0.3 is 5.97 Å². The first-order valence-electron chi connectivity index (χ1n) is 11.6. The van der Waals surface area contributed by atoms with E-state index < -0.39 is 23.2 Å². The summed E-state index contributed by atoms with van der Waals surface area (Å²) in [5.74, 6) is -0.992. The number of anilines is 2. The molecule has 1 aliphatic rings. The number of fused-ring (bicyclic) bond motifs is 1. The third kappa shape index (κ3) is 4.21. The molecule has 0 aliphatic carbocycles. The summed E-state index contributed by atoms with van der Waals surface area (Å²) in [6.07, 6.45) is 1.40. The number of carboxylic acids is 1. The van der Waals surface area contributed by atoms with Crippen molar-refractivity contribution in [2.45, 2.75) is 32.7 Å². The topological polar surface area (TPSA) is 108 Å². The minimum Gasteiger partial charge on any atom is -0.478 e. The fraction of sp³-hybridized carbons (Fsp3) is 0.320. The SMILES string of the molecule is CC(C)c1nc(N2CCN(c3ncnc4c(-c5ccc(C(=O)O)c(F)c5)cc(F)cc34)[C@H](C)C2)no1. The third-order valence-electron chi connectivity index (χ3n) is 6.30. The van der Waals surface area contributed by atoms with Gasteiger partial charge in [-0.25, -0.2) is 23.5 Å². The van der Waals surface area contributed by atoms with Gasteiger partial charge in [0.05, 0.1) is 11.1 Å². The van der Waals surface area contributed by atoms with Crippen molar-refractivity contribution in [3.8, 4) is 11.1 Å². The average molecular weight is 495 g/mol. The predicted octanol–water partition coefficient (Wildman–Crippen LogP) is 4.49. The molecule has 1 aliphatic heterocycles. The highest BCUT2D eigenvalue weighted by atomic mass is 19.1. The Bertz CT molecular complexity index is 1460. The number of aromatic carboxylic acids is 1. The summed E-state index contributed by atoms with van der Waals surface area (Å²) in [7, 11) is 0. The lowest BCUT2D eigenvalue weighted by Gasteiger charge is -2.40. The Kier molecular flexibility index (Phi) is 5.99. The van der Waals surface area contributed by atoms with Gasteiger partial charge in [-0.2, -0.15) is 4.98 Å². The second-order valence-electron chi connectivity index (χ2n) is 9.12. The summed E-state index contributed by atoms with van der Waals surface area (Å²) in [5.41, 5.74) is 0.660. The molecule has 11 heteroatoms. The zero-order chi connectivity index (χ0) is 25.6. The zero-order valence-corrected chi connectivity index (χ0v) is 19.9. The molecule has 5 rings (SSSR count). The van der Waals surface area contributed by atoms with E-state index in [4.69, 9.17) is 9.63 Å². The Morgan fingerprint density at radius 3 is 2.64 bits per heavy atom. The molecule has 0 bridgehead atoms. The van der Waals surface area contributed by atoms with E-state index in [1.165, 1.54) is 24.5 Å². The first kappa shape index (κ1) is 23.6. The molecule has 186 valence electrons. The van der Waals surface area contributed by atoms with E-state index >= 15 is 0 Å². The molecule has 0 radical (unpaired) electrons. The standard InChI is InChI=1S/C25H24F2N6O3/c1-13(2)23-30-25(31-36-23)32-6-7-33(14(3)11-32)22-19-10-16(26)9-18(21(19)28-12-29-22)15-4-5-17(24(34)35)20(27)8-15/h4-5,8-10,12-14H,6-7,11H2,1-3H3,(H,34,35)/t14-/m1/s1. The molecule has 0 spiro atoms. The quantitative estimate of drug-likeness (QED) is 0.429. The van der Waals surface area contributed by atoms with E-state index in [-0.39, 0.29) is 12.0 Å². The molecule has 4 aromatic rings. The summed E-state index contributed by atoms with van der Waals surface area (Å²) >= 11 is 0. The number of rotatable bonds is 5. The van der Waals surface area contributed by atoms with Crippen LogP contribution in [0.4, 0.5) is 20.5 Å². The average Bonchev–Trinajstić information content (AvgIpc) is 3.34. The Morgan fingerprint density at radius 2 is 1.97 bits per heavy atom. The number of hydrogen-bond donors (Lipinski definition) is 1. The van der Waals surface area contributed by atoms with Gasteiger partial charge in [0.15, 0.2) is 0 Å². The van der Waals surface area contributed by atoms with Crippen molar-refractivity contribution < 1.29 is 23.2 Å². The van der Waals surface area contributed by atoms with Crippen LogP contribution >= 0.6 is 0 Å². The van der Waals surface area contributed by atoms with Gasteiger partial charge in [-0.1, -0.05) is 19.9 Å². The molecule has 2 aromatic heterocycles. The fourth-order valence-electron chi connectivity index (χ4n) is 4.47. The van der Waals surface area contributed by atoms with Crippen LogP contribution in [0.5, 0.6) is 0 Å². The number of halogens is 2. The molecule has 1 fully saturated rings. The molecule has 0 saturated carbocycles. The Morgan fingerprint density at radius 1 is 1.17 bits per heavy atom. The normalized spacial score (nSPS) is 16.2. The number of nitrogens with zero attached hydrogens (tertiary/aromatic N) is 6. The van der Waals surface area contributed by atoms with Crippen LogP contribution in [-0.2, 0) is 0 Å². The number of aromatic nitrogens is 4. The maximum Gasteiger partial charge on any atom is 0.338 e. The van der Waals surface area contributed by atoms with Gasteiger partial charge in [-0.3, -0.25) is 0 Å². The van der Waals surface area contributed by atoms with Crippen molar-refractivity contribution >= 4 is 28.6 Å². The molecular weight excluding hydrogens is 470 g/mol. The molecule has 9 nitrogen and oxygen atoms in total. The van der Waals surface area contributed by atoms with Crippen LogP contribution < -0.4 is 9.80 Å². The van der Waals surface area contributed by atoms with Gasteiger partial charge < -0.3 is 19.4 Å². The number of piperazine rings is 1. The highest BCUT2D eigenvalue weighted by Gasteiger charge is 2.29. The highest BCUT2D eigenvalue weighted by molar-refractivity contribution is 6.00. The van der Waals surface area contributed by atoms with Crippen molar-refractivity contribution in [1.29, 1.82) is 0 Å². The van der Waals surface area contributed by atoms with Crippen LogP contribution in [0.3, 0.4) is 0 Å². The van der Waals surface area contributed by atoms with E-state index in [2.05, 4.69) is 25.0 Å². The van der Waals surface area contributed by atoms with Gasteiger partial charge in [-0.15, -0.1) is 0 Å². The van der Waals surface area contributed by atoms with Gasteiger partial charge in [0.2, 0.25) is 5.89 Å². The number of benzene rings is 2. The van der Waals surface area contributed by atoms with Crippen LogP contribution in [0.1, 0.15) is 42.9 Å². The van der Waals surface area contributed by atoms with Crippen molar-refractivity contribution in [2.75, 3.05) is 29.4 Å². The first-order valence-corrected chi connectivity index (χ1v) is 11.6. The Hall–Kier alpha value is -4.15. The van der Waals surface area contributed by atoms with Crippen LogP contribution in [-0.4, -0.2) is 56.9 Å². The third-order valence-corrected chi connectivity index (χ3v) is 6.30. The minimum absolute atomic E-state index is 0.0168. The lowest BCUT2D eigenvalue weighted by molar-refractivity contribution is 0.0692. The van der Waals surface area contributed by atoms with Gasteiger partial charge in [0.1, 0.15) is 23.8 Å². The van der Waals surface area contributed by atoms with E-state index in [9.17, 15) is 13.6 Å². The van der Waals surface area contributed by atoms with Crippen molar-refractivity contribution in [3.63, 3.8) is 0 Å². The number of carboxylic acid groups (broad SMARTS) is 1. The molecule has 1 saturated heterocycles. The van der Waals surface area contributed by atoms with Crippen LogP contribution in [0.25, 0.3) is 22.0 Å². The summed E-state index contributed by atoms with van der Waals surface area (Å²) in [5, 5.41) is 13.7. The lowest BCUT2D eigenvalue weighted by atomic mass is 9.99. The number of carbonyl (C=O) groups is 1. The maximum absolute atomic E-state index is 14.8. The maximum atomic E-state index is 14.8. The molecule has 1 atom stereocenters. The van der Waals surface area contributed by atoms with E-state index in [0.29, 0.717) is 59.3 Å². The van der Waals surface area contributed by atoms with E-state index in [1.54, 1.807) is 0 Å². The van der Waals surface area contributed by atoms with Gasteiger partial charge in [0, 0.05) is 42.5 Å².